The van der Waals surface area contributed by atoms with E-state index in [-0.39, 0.29) is 0 Å². The third-order valence-corrected chi connectivity index (χ3v) is 4.36. The van der Waals surface area contributed by atoms with E-state index in [0.717, 1.165) is 19.5 Å². The molecule has 1 saturated heterocycles. The summed E-state index contributed by atoms with van der Waals surface area (Å²) in [5.74, 6) is 0.500. The van der Waals surface area contributed by atoms with Crippen molar-refractivity contribution in [1.82, 2.24) is 15.3 Å². The summed E-state index contributed by atoms with van der Waals surface area (Å²) in [7, 11) is 2.11. The zero-order valence-electron chi connectivity index (χ0n) is 11.1. The third-order valence-electron chi connectivity index (χ3n) is 4.36. The SMILES string of the molecule is Cn1cc(C2NN=C3CCNCC32)c2ccccc21. The van der Waals surface area contributed by atoms with Gasteiger partial charge in [-0.3, -0.25) is 0 Å². The van der Waals surface area contributed by atoms with Crippen LogP contribution in [0.3, 0.4) is 0 Å². The summed E-state index contributed by atoms with van der Waals surface area (Å²) in [5.41, 5.74) is 7.34. The molecule has 0 aliphatic carbocycles. The van der Waals surface area contributed by atoms with Crippen LogP contribution in [0, 0.1) is 5.92 Å². The fourth-order valence-electron chi connectivity index (χ4n) is 3.38. The fourth-order valence-corrected chi connectivity index (χ4v) is 3.38. The molecule has 4 heteroatoms. The Labute approximate surface area is 112 Å². The number of rotatable bonds is 1. The first-order valence-electron chi connectivity index (χ1n) is 6.91. The number of fused-ring (bicyclic) bond motifs is 2. The molecule has 0 bridgehead atoms. The van der Waals surface area contributed by atoms with E-state index in [4.69, 9.17) is 0 Å². The summed E-state index contributed by atoms with van der Waals surface area (Å²) in [6.07, 6.45) is 3.31. The standard InChI is InChI=1S/C15H18N4/c1-19-9-12(10-4-2-3-5-14(10)19)15-11-8-16-7-6-13(11)17-18-15/h2-5,9,11,15-16,18H,6-8H2,1H3. The van der Waals surface area contributed by atoms with Crippen LogP contribution >= 0.6 is 0 Å². The fraction of sp³-hybridized carbons (Fsp3) is 0.400. The summed E-state index contributed by atoms with van der Waals surface area (Å²) < 4.78 is 2.21. The number of hydrogen-bond donors (Lipinski definition) is 2. The maximum absolute atomic E-state index is 4.55. The van der Waals surface area contributed by atoms with E-state index >= 15 is 0 Å². The molecular formula is C15H18N4. The van der Waals surface area contributed by atoms with Crippen LogP contribution in [0.25, 0.3) is 10.9 Å². The van der Waals surface area contributed by atoms with Gasteiger partial charge in [0.25, 0.3) is 0 Å². The molecule has 4 rings (SSSR count). The summed E-state index contributed by atoms with van der Waals surface area (Å²) in [6, 6.07) is 8.91. The number of aromatic nitrogens is 1. The van der Waals surface area contributed by atoms with Crippen molar-refractivity contribution in [1.29, 1.82) is 0 Å². The minimum absolute atomic E-state index is 0.314. The number of benzene rings is 1. The molecule has 0 amide bonds. The molecule has 98 valence electrons. The van der Waals surface area contributed by atoms with Crippen molar-refractivity contribution in [2.24, 2.45) is 18.1 Å². The minimum Gasteiger partial charge on any atom is -0.350 e. The van der Waals surface area contributed by atoms with Crippen LogP contribution in [-0.4, -0.2) is 23.4 Å². The number of hydrogen-bond acceptors (Lipinski definition) is 3. The van der Waals surface area contributed by atoms with Crippen molar-refractivity contribution >= 4 is 16.6 Å². The Morgan fingerprint density at radius 1 is 1.32 bits per heavy atom. The zero-order chi connectivity index (χ0) is 12.8. The first kappa shape index (κ1) is 11.1. The Morgan fingerprint density at radius 2 is 2.21 bits per heavy atom. The molecule has 2 aromatic rings. The van der Waals surface area contributed by atoms with Gasteiger partial charge in [0.05, 0.1) is 6.04 Å². The Hall–Kier alpha value is -1.81. The predicted octanol–water partition coefficient (Wildman–Crippen LogP) is 1.79. The highest BCUT2D eigenvalue weighted by Crippen LogP contribution is 2.34. The van der Waals surface area contributed by atoms with Crippen molar-refractivity contribution < 1.29 is 0 Å². The number of piperidine rings is 1. The minimum atomic E-state index is 0.314. The van der Waals surface area contributed by atoms with Gasteiger partial charge in [-0.15, -0.1) is 0 Å². The lowest BCUT2D eigenvalue weighted by Crippen LogP contribution is -2.38. The van der Waals surface area contributed by atoms with E-state index in [2.05, 4.69) is 57.9 Å². The summed E-state index contributed by atoms with van der Waals surface area (Å²) in [4.78, 5) is 0. The number of nitrogens with one attached hydrogen (secondary N) is 2. The second-order valence-corrected chi connectivity index (χ2v) is 5.48. The molecule has 0 radical (unpaired) electrons. The van der Waals surface area contributed by atoms with Gasteiger partial charge in [-0.2, -0.15) is 5.10 Å². The third kappa shape index (κ3) is 1.60. The van der Waals surface area contributed by atoms with Crippen LogP contribution in [0.1, 0.15) is 18.0 Å². The highest BCUT2D eigenvalue weighted by molar-refractivity contribution is 5.92. The second kappa shape index (κ2) is 4.10. The van der Waals surface area contributed by atoms with Crippen LogP contribution in [-0.2, 0) is 7.05 Å². The molecule has 1 aromatic heterocycles. The van der Waals surface area contributed by atoms with E-state index in [1.165, 1.54) is 22.2 Å². The first-order valence-corrected chi connectivity index (χ1v) is 6.91. The topological polar surface area (TPSA) is 41.4 Å². The Bertz CT molecular complexity index is 655. The zero-order valence-corrected chi connectivity index (χ0v) is 11.1. The van der Waals surface area contributed by atoms with Gasteiger partial charge in [-0.1, -0.05) is 18.2 Å². The maximum Gasteiger partial charge on any atom is 0.0803 e. The van der Waals surface area contributed by atoms with Gasteiger partial charge in [0.15, 0.2) is 0 Å². The normalized spacial score (nSPS) is 26.1. The lowest BCUT2D eigenvalue weighted by Gasteiger charge is -2.24. The van der Waals surface area contributed by atoms with Crippen LogP contribution in [0.5, 0.6) is 0 Å². The van der Waals surface area contributed by atoms with Gasteiger partial charge in [-0.05, 0) is 6.07 Å². The molecule has 3 heterocycles. The highest BCUT2D eigenvalue weighted by atomic mass is 15.3. The van der Waals surface area contributed by atoms with Gasteiger partial charge in [0, 0.05) is 60.9 Å². The molecule has 2 atom stereocenters. The van der Waals surface area contributed by atoms with Gasteiger partial charge in [0.2, 0.25) is 0 Å². The van der Waals surface area contributed by atoms with Gasteiger partial charge >= 0.3 is 0 Å². The van der Waals surface area contributed by atoms with Crippen LogP contribution in [0.4, 0.5) is 0 Å². The highest BCUT2D eigenvalue weighted by Gasteiger charge is 2.35. The first-order chi connectivity index (χ1) is 9.34. The van der Waals surface area contributed by atoms with E-state index in [1.54, 1.807) is 0 Å². The van der Waals surface area contributed by atoms with Gasteiger partial charge < -0.3 is 15.3 Å². The second-order valence-electron chi connectivity index (χ2n) is 5.48. The lowest BCUT2D eigenvalue weighted by atomic mass is 9.87. The molecule has 2 aliphatic rings. The molecule has 4 nitrogen and oxygen atoms in total. The van der Waals surface area contributed by atoms with Crippen LogP contribution in [0.2, 0.25) is 0 Å². The number of hydrazone groups is 1. The van der Waals surface area contributed by atoms with Crippen molar-refractivity contribution in [3.05, 3.63) is 36.0 Å². The van der Waals surface area contributed by atoms with Crippen molar-refractivity contribution in [3.63, 3.8) is 0 Å². The molecular weight excluding hydrogens is 236 g/mol. The van der Waals surface area contributed by atoms with E-state index in [1.807, 2.05) is 0 Å². The van der Waals surface area contributed by atoms with Crippen LogP contribution in [0.15, 0.2) is 35.6 Å². The van der Waals surface area contributed by atoms with Crippen molar-refractivity contribution in [2.75, 3.05) is 13.1 Å². The smallest absolute Gasteiger partial charge is 0.0803 e. The number of aryl methyl sites for hydroxylation is 1. The summed E-state index contributed by atoms with van der Waals surface area (Å²) in [5, 5.41) is 9.37. The lowest BCUT2D eigenvalue weighted by molar-refractivity contribution is 0.452. The van der Waals surface area contributed by atoms with Gasteiger partial charge in [-0.25, -0.2) is 0 Å². The average Bonchev–Trinajstić information content (AvgIpc) is 3.01. The molecule has 2 N–H and O–H groups in total. The maximum atomic E-state index is 4.55. The van der Waals surface area contributed by atoms with E-state index < -0.39 is 0 Å². The van der Waals surface area contributed by atoms with Crippen molar-refractivity contribution in [2.45, 2.75) is 12.5 Å². The van der Waals surface area contributed by atoms with E-state index in [9.17, 15) is 0 Å². The monoisotopic (exact) mass is 254 g/mol. The van der Waals surface area contributed by atoms with Crippen molar-refractivity contribution in [3.8, 4) is 0 Å². The molecule has 1 aromatic carbocycles. The van der Waals surface area contributed by atoms with Gasteiger partial charge in [0.1, 0.15) is 0 Å². The Morgan fingerprint density at radius 3 is 3.16 bits per heavy atom. The quantitative estimate of drug-likeness (QED) is 0.814. The molecule has 19 heavy (non-hydrogen) atoms. The summed E-state index contributed by atoms with van der Waals surface area (Å²) in [6.45, 7) is 2.08. The molecule has 1 fully saturated rings. The molecule has 2 aliphatic heterocycles. The van der Waals surface area contributed by atoms with Crippen LogP contribution < -0.4 is 10.7 Å². The molecule has 0 saturated carbocycles. The molecule has 0 spiro atoms. The predicted molar refractivity (Wildman–Crippen MR) is 77.2 cm³/mol. The number of para-hydroxylation sites is 1. The number of nitrogens with zero attached hydrogens (tertiary/aromatic N) is 2. The molecule has 2 unspecified atom stereocenters. The Kier molecular flexibility index (Phi) is 2.38. The largest absolute Gasteiger partial charge is 0.350 e. The Balaban J connectivity index is 1.79. The average molecular weight is 254 g/mol. The summed E-state index contributed by atoms with van der Waals surface area (Å²) >= 11 is 0. The van der Waals surface area contributed by atoms with E-state index in [0.29, 0.717) is 12.0 Å².